The van der Waals surface area contributed by atoms with Crippen molar-refractivity contribution in [3.63, 3.8) is 0 Å². The third kappa shape index (κ3) is 1.50. The molecular weight excluding hydrogens is 198 g/mol. The van der Waals surface area contributed by atoms with Crippen LogP contribution in [-0.2, 0) is 0 Å². The minimum atomic E-state index is -0.402. The fourth-order valence-electron chi connectivity index (χ4n) is 1.46. The van der Waals surface area contributed by atoms with E-state index < -0.39 is 5.56 Å². The van der Waals surface area contributed by atoms with Gasteiger partial charge in [0.15, 0.2) is 0 Å². The first-order valence-corrected chi connectivity index (χ1v) is 4.32. The highest BCUT2D eigenvalue weighted by Gasteiger charge is 2.06. The van der Waals surface area contributed by atoms with Gasteiger partial charge in [-0.1, -0.05) is 6.07 Å². The standard InChI is InChI=1S/C9H9N3O3/c13-4-10-6-3-1-2-5-7(6)9(15)12-11-8(5)14/h1-3,10,13H,4H2,(H,11,14)(H,12,15). The molecular formula is C9H9N3O3. The molecule has 0 unspecified atom stereocenters. The number of aromatic nitrogens is 2. The summed E-state index contributed by atoms with van der Waals surface area (Å²) < 4.78 is 0. The van der Waals surface area contributed by atoms with Crippen molar-refractivity contribution < 1.29 is 5.11 Å². The van der Waals surface area contributed by atoms with Gasteiger partial charge >= 0.3 is 0 Å². The quantitative estimate of drug-likeness (QED) is 0.502. The lowest BCUT2D eigenvalue weighted by Crippen LogP contribution is -2.20. The Bertz CT molecular complexity index is 599. The van der Waals surface area contributed by atoms with Crippen molar-refractivity contribution in [2.75, 3.05) is 12.0 Å². The third-order valence-corrected chi connectivity index (χ3v) is 2.10. The Morgan fingerprint density at radius 2 is 1.93 bits per heavy atom. The van der Waals surface area contributed by atoms with Crippen molar-refractivity contribution in [3.8, 4) is 0 Å². The number of H-pyrrole nitrogens is 2. The molecule has 78 valence electrons. The smallest absolute Gasteiger partial charge is 0.272 e. The van der Waals surface area contributed by atoms with Crippen LogP contribution in [0.1, 0.15) is 0 Å². The van der Waals surface area contributed by atoms with E-state index in [0.717, 1.165) is 0 Å². The van der Waals surface area contributed by atoms with Crippen LogP contribution >= 0.6 is 0 Å². The van der Waals surface area contributed by atoms with Gasteiger partial charge in [-0.3, -0.25) is 19.8 Å². The van der Waals surface area contributed by atoms with Crippen LogP contribution in [0.5, 0.6) is 0 Å². The van der Waals surface area contributed by atoms with E-state index in [2.05, 4.69) is 15.5 Å². The van der Waals surface area contributed by atoms with Crippen LogP contribution in [0, 0.1) is 0 Å². The molecule has 0 spiro atoms. The summed E-state index contributed by atoms with van der Waals surface area (Å²) in [7, 11) is 0. The van der Waals surface area contributed by atoms with E-state index in [0.29, 0.717) is 5.69 Å². The summed E-state index contributed by atoms with van der Waals surface area (Å²) >= 11 is 0. The first kappa shape index (κ1) is 9.47. The average Bonchev–Trinajstić information content (AvgIpc) is 2.24. The van der Waals surface area contributed by atoms with Gasteiger partial charge in [0.2, 0.25) is 0 Å². The Morgan fingerprint density at radius 1 is 1.20 bits per heavy atom. The molecule has 0 amide bonds. The Kier molecular flexibility index (Phi) is 2.26. The van der Waals surface area contributed by atoms with Crippen molar-refractivity contribution >= 4 is 16.5 Å². The Labute approximate surface area is 83.6 Å². The second-order valence-corrected chi connectivity index (χ2v) is 2.97. The molecule has 0 saturated heterocycles. The van der Waals surface area contributed by atoms with Crippen molar-refractivity contribution in [1.82, 2.24) is 10.2 Å². The largest absolute Gasteiger partial charge is 0.377 e. The number of aromatic amines is 2. The van der Waals surface area contributed by atoms with E-state index in [9.17, 15) is 9.59 Å². The van der Waals surface area contributed by atoms with Crippen LogP contribution in [0.25, 0.3) is 10.8 Å². The molecule has 2 rings (SSSR count). The number of aliphatic hydroxyl groups excluding tert-OH is 1. The van der Waals surface area contributed by atoms with Crippen LogP contribution in [-0.4, -0.2) is 22.0 Å². The molecule has 1 aromatic heterocycles. The number of anilines is 1. The van der Waals surface area contributed by atoms with Crippen molar-refractivity contribution in [1.29, 1.82) is 0 Å². The number of rotatable bonds is 2. The second-order valence-electron chi connectivity index (χ2n) is 2.97. The molecule has 1 heterocycles. The minimum absolute atomic E-state index is 0.246. The highest BCUT2D eigenvalue weighted by Crippen LogP contribution is 2.15. The fourth-order valence-corrected chi connectivity index (χ4v) is 1.46. The van der Waals surface area contributed by atoms with Gasteiger partial charge in [-0.05, 0) is 12.1 Å². The maximum atomic E-state index is 11.5. The Morgan fingerprint density at radius 3 is 2.67 bits per heavy atom. The molecule has 0 radical (unpaired) electrons. The predicted molar refractivity (Wildman–Crippen MR) is 55.9 cm³/mol. The molecule has 2 aromatic rings. The summed E-state index contributed by atoms with van der Waals surface area (Å²) in [6, 6.07) is 4.80. The van der Waals surface area contributed by atoms with Gasteiger partial charge in [0, 0.05) is 5.69 Å². The monoisotopic (exact) mass is 207 g/mol. The lowest BCUT2D eigenvalue weighted by atomic mass is 10.1. The molecule has 1 aromatic carbocycles. The van der Waals surface area contributed by atoms with Gasteiger partial charge < -0.3 is 10.4 Å². The van der Waals surface area contributed by atoms with Crippen molar-refractivity contribution in [2.24, 2.45) is 0 Å². The predicted octanol–water partition coefficient (Wildman–Crippen LogP) is -0.422. The number of aliphatic hydroxyl groups is 1. The number of fused-ring (bicyclic) bond motifs is 1. The van der Waals surface area contributed by atoms with E-state index in [-0.39, 0.29) is 23.1 Å². The summed E-state index contributed by atoms with van der Waals surface area (Å²) in [6.07, 6.45) is 0. The molecule has 15 heavy (non-hydrogen) atoms. The fraction of sp³-hybridized carbons (Fsp3) is 0.111. The summed E-state index contributed by atoms with van der Waals surface area (Å²) in [4.78, 5) is 22.9. The molecule has 0 bridgehead atoms. The number of hydrogen-bond donors (Lipinski definition) is 4. The summed E-state index contributed by atoms with van der Waals surface area (Å²) in [5.74, 6) is 0. The lowest BCUT2D eigenvalue weighted by molar-refractivity contribution is 0.326. The van der Waals surface area contributed by atoms with Crippen LogP contribution < -0.4 is 16.4 Å². The average molecular weight is 207 g/mol. The van der Waals surface area contributed by atoms with Crippen molar-refractivity contribution in [2.45, 2.75) is 0 Å². The molecule has 4 N–H and O–H groups in total. The second kappa shape index (κ2) is 3.58. The van der Waals surface area contributed by atoms with Gasteiger partial charge in [0.25, 0.3) is 11.1 Å². The van der Waals surface area contributed by atoms with Crippen LogP contribution in [0.4, 0.5) is 5.69 Å². The van der Waals surface area contributed by atoms with E-state index in [1.807, 2.05) is 0 Å². The zero-order valence-electron chi connectivity index (χ0n) is 7.70. The van der Waals surface area contributed by atoms with E-state index in [4.69, 9.17) is 5.11 Å². The van der Waals surface area contributed by atoms with Crippen LogP contribution in [0.2, 0.25) is 0 Å². The zero-order valence-corrected chi connectivity index (χ0v) is 7.70. The Balaban J connectivity index is 2.90. The first-order valence-electron chi connectivity index (χ1n) is 4.32. The third-order valence-electron chi connectivity index (χ3n) is 2.10. The van der Waals surface area contributed by atoms with Gasteiger partial charge in [-0.25, -0.2) is 0 Å². The van der Waals surface area contributed by atoms with Gasteiger partial charge in [-0.15, -0.1) is 0 Å². The number of hydrogen-bond acceptors (Lipinski definition) is 4. The first-order chi connectivity index (χ1) is 7.24. The summed E-state index contributed by atoms with van der Waals surface area (Å²) in [6.45, 7) is -0.300. The molecule has 0 aliphatic carbocycles. The van der Waals surface area contributed by atoms with Crippen molar-refractivity contribution in [3.05, 3.63) is 38.9 Å². The topological polar surface area (TPSA) is 98.0 Å². The molecule has 0 saturated carbocycles. The lowest BCUT2D eigenvalue weighted by Gasteiger charge is -2.04. The highest BCUT2D eigenvalue weighted by atomic mass is 16.3. The minimum Gasteiger partial charge on any atom is -0.377 e. The molecule has 0 aliphatic rings. The molecule has 6 nitrogen and oxygen atoms in total. The molecule has 6 heteroatoms. The Hall–Kier alpha value is -2.08. The highest BCUT2D eigenvalue weighted by molar-refractivity contribution is 5.92. The van der Waals surface area contributed by atoms with Gasteiger partial charge in [-0.2, -0.15) is 0 Å². The molecule has 0 fully saturated rings. The summed E-state index contributed by atoms with van der Waals surface area (Å²) in [5.41, 5.74) is -0.338. The SMILES string of the molecule is O=c1[nH][nH]c(=O)c2c(NCO)cccc12. The van der Waals surface area contributed by atoms with Gasteiger partial charge in [0.05, 0.1) is 10.8 Å². The van der Waals surface area contributed by atoms with Crippen LogP contribution in [0.3, 0.4) is 0 Å². The number of benzene rings is 1. The normalized spacial score (nSPS) is 10.5. The van der Waals surface area contributed by atoms with Crippen LogP contribution in [0.15, 0.2) is 27.8 Å². The van der Waals surface area contributed by atoms with E-state index in [1.165, 1.54) is 0 Å². The summed E-state index contributed by atoms with van der Waals surface area (Å²) in [5, 5.41) is 16.3. The molecule has 0 atom stereocenters. The van der Waals surface area contributed by atoms with Gasteiger partial charge in [0.1, 0.15) is 6.73 Å². The van der Waals surface area contributed by atoms with E-state index >= 15 is 0 Å². The number of nitrogens with one attached hydrogen (secondary N) is 3. The maximum Gasteiger partial charge on any atom is 0.272 e. The zero-order chi connectivity index (χ0) is 10.8. The maximum absolute atomic E-state index is 11.5. The van der Waals surface area contributed by atoms with E-state index in [1.54, 1.807) is 18.2 Å². The molecule has 0 aliphatic heterocycles.